The van der Waals surface area contributed by atoms with E-state index < -0.39 is 11.9 Å². The van der Waals surface area contributed by atoms with E-state index in [1.165, 1.54) is 14.2 Å². The largest absolute Gasteiger partial charge is 0.468 e. The van der Waals surface area contributed by atoms with Crippen molar-refractivity contribution in [3.05, 3.63) is 0 Å². The highest BCUT2D eigenvalue weighted by Crippen LogP contribution is 1.74. The van der Waals surface area contributed by atoms with Crippen LogP contribution in [0.25, 0.3) is 0 Å². The highest BCUT2D eigenvalue weighted by atomic mass is 16.5. The normalized spacial score (nSPS) is 8.91. The molecule has 0 spiro atoms. The van der Waals surface area contributed by atoms with E-state index in [0.29, 0.717) is 0 Å². The molecule has 0 unspecified atom stereocenters. The fourth-order valence-corrected chi connectivity index (χ4v) is 0.368. The molecule has 0 aromatic carbocycles. The van der Waals surface area contributed by atoms with E-state index in [1.807, 2.05) is 0 Å². The molecule has 0 aliphatic carbocycles. The number of esters is 2. The molecule has 0 fully saturated rings. The molecule has 0 rings (SSSR count). The van der Waals surface area contributed by atoms with Gasteiger partial charge in [-0.15, -0.1) is 0 Å². The topological polar surface area (TPSA) is 66.7 Å². The van der Waals surface area contributed by atoms with Crippen LogP contribution in [0.2, 0.25) is 0 Å². The molecule has 0 N–H and O–H groups in total. The summed E-state index contributed by atoms with van der Waals surface area (Å²) in [6.45, 7) is -0.211. The van der Waals surface area contributed by atoms with Crippen LogP contribution in [0.3, 0.4) is 0 Å². The average molecular weight is 160 g/mol. The molecule has 0 aromatic rings. The Morgan fingerprint density at radius 2 is 1.45 bits per heavy atom. The van der Waals surface area contributed by atoms with Crippen LogP contribution in [0, 0.1) is 0 Å². The number of methoxy groups -OCH3 is 2. The van der Waals surface area contributed by atoms with Gasteiger partial charge in [-0.3, -0.25) is 9.59 Å². The van der Waals surface area contributed by atoms with Crippen molar-refractivity contribution in [1.29, 1.82) is 0 Å². The molecule has 0 saturated carbocycles. The highest BCUT2D eigenvalue weighted by Gasteiger charge is 2.03. The van der Waals surface area contributed by atoms with Gasteiger partial charge in [-0.25, -0.2) is 5.32 Å². The van der Waals surface area contributed by atoms with Crippen LogP contribution >= 0.6 is 0 Å². The van der Waals surface area contributed by atoms with Gasteiger partial charge in [0.2, 0.25) is 0 Å². The molecule has 0 saturated heterocycles. The number of carbonyl (C=O) groups excluding carboxylic acids is 2. The smallest absolute Gasteiger partial charge is 0.321 e. The Morgan fingerprint density at radius 1 is 1.09 bits per heavy atom. The number of rotatable bonds is 4. The maximum absolute atomic E-state index is 10.4. The molecule has 0 heterocycles. The van der Waals surface area contributed by atoms with Gasteiger partial charge in [-0.1, -0.05) is 0 Å². The van der Waals surface area contributed by atoms with Crippen molar-refractivity contribution in [2.45, 2.75) is 0 Å². The summed E-state index contributed by atoms with van der Waals surface area (Å²) in [6.07, 6.45) is 0. The number of ether oxygens (including phenoxy) is 2. The summed E-state index contributed by atoms with van der Waals surface area (Å²) >= 11 is 0. The van der Waals surface area contributed by atoms with E-state index in [1.54, 1.807) is 0 Å². The van der Waals surface area contributed by atoms with E-state index in [4.69, 9.17) is 0 Å². The van der Waals surface area contributed by atoms with Gasteiger partial charge in [0.05, 0.1) is 14.2 Å². The quantitative estimate of drug-likeness (QED) is 0.491. The fraction of sp³-hybridized carbons (Fsp3) is 0.667. The molecule has 0 atom stereocenters. The first kappa shape index (κ1) is 9.90. The molecular weight excluding hydrogens is 150 g/mol. The van der Waals surface area contributed by atoms with Crippen molar-refractivity contribution in [3.8, 4) is 0 Å². The van der Waals surface area contributed by atoms with Crippen LogP contribution in [0.5, 0.6) is 0 Å². The van der Waals surface area contributed by atoms with Crippen LogP contribution in [0.1, 0.15) is 0 Å². The summed E-state index contributed by atoms with van der Waals surface area (Å²) in [4.78, 5) is 20.8. The summed E-state index contributed by atoms with van der Waals surface area (Å²) in [6, 6.07) is 0. The zero-order valence-corrected chi connectivity index (χ0v) is 6.49. The maximum atomic E-state index is 10.4. The molecule has 5 heteroatoms. The minimum Gasteiger partial charge on any atom is -0.468 e. The fourth-order valence-electron chi connectivity index (χ4n) is 0.368. The zero-order chi connectivity index (χ0) is 8.69. The SMILES string of the molecule is COC(=O)C[N]CC(=O)OC. The molecule has 5 nitrogen and oxygen atoms in total. The van der Waals surface area contributed by atoms with Crippen molar-refractivity contribution in [3.63, 3.8) is 0 Å². The Labute approximate surface area is 64.7 Å². The number of hydrogen-bond acceptors (Lipinski definition) is 4. The van der Waals surface area contributed by atoms with E-state index in [2.05, 4.69) is 14.8 Å². The van der Waals surface area contributed by atoms with E-state index in [-0.39, 0.29) is 13.1 Å². The molecule has 0 aliphatic rings. The summed E-state index contributed by atoms with van der Waals surface area (Å²) < 4.78 is 8.56. The third kappa shape index (κ3) is 5.35. The molecule has 0 bridgehead atoms. The Balaban J connectivity index is 3.27. The van der Waals surface area contributed by atoms with E-state index in [0.717, 1.165) is 0 Å². The van der Waals surface area contributed by atoms with Gasteiger partial charge in [0.1, 0.15) is 13.1 Å². The van der Waals surface area contributed by atoms with Gasteiger partial charge >= 0.3 is 11.9 Å². The molecule has 1 radical (unpaired) electrons. The lowest BCUT2D eigenvalue weighted by Gasteiger charge is -1.98. The summed E-state index contributed by atoms with van der Waals surface area (Å²) in [5.41, 5.74) is 0. The zero-order valence-electron chi connectivity index (χ0n) is 6.49. The predicted octanol–water partition coefficient (Wildman–Crippen LogP) is -1.06. The highest BCUT2D eigenvalue weighted by molar-refractivity contribution is 5.74. The van der Waals surface area contributed by atoms with Gasteiger partial charge in [-0.05, 0) is 0 Å². The van der Waals surface area contributed by atoms with Gasteiger partial charge < -0.3 is 9.47 Å². The number of hydrogen-bond donors (Lipinski definition) is 0. The van der Waals surface area contributed by atoms with Crippen molar-refractivity contribution in [2.75, 3.05) is 27.3 Å². The second-order valence-corrected chi connectivity index (χ2v) is 1.69. The summed E-state index contributed by atoms with van der Waals surface area (Å²) in [5, 5.41) is 3.56. The lowest BCUT2D eigenvalue weighted by Crippen LogP contribution is -2.23. The Kier molecular flexibility index (Phi) is 5.10. The first-order chi connectivity index (χ1) is 5.20. The second-order valence-electron chi connectivity index (χ2n) is 1.69. The molecular formula is C6H10NO4. The lowest BCUT2D eigenvalue weighted by molar-refractivity contribution is -0.141. The number of carbonyl (C=O) groups is 2. The van der Waals surface area contributed by atoms with Crippen molar-refractivity contribution < 1.29 is 19.1 Å². The third-order valence-electron chi connectivity index (χ3n) is 0.937. The van der Waals surface area contributed by atoms with Gasteiger partial charge in [-0.2, -0.15) is 0 Å². The van der Waals surface area contributed by atoms with Gasteiger partial charge in [0.15, 0.2) is 0 Å². The Morgan fingerprint density at radius 3 is 1.73 bits per heavy atom. The Bertz CT molecular complexity index is 130. The van der Waals surface area contributed by atoms with Crippen LogP contribution in [-0.2, 0) is 19.1 Å². The van der Waals surface area contributed by atoms with E-state index >= 15 is 0 Å². The van der Waals surface area contributed by atoms with Crippen LogP contribution < -0.4 is 5.32 Å². The van der Waals surface area contributed by atoms with Gasteiger partial charge in [0, 0.05) is 0 Å². The summed E-state index contributed by atoms with van der Waals surface area (Å²) in [5.74, 6) is -0.928. The second kappa shape index (κ2) is 5.67. The molecule has 63 valence electrons. The van der Waals surface area contributed by atoms with Gasteiger partial charge in [0.25, 0.3) is 0 Å². The monoisotopic (exact) mass is 160 g/mol. The predicted molar refractivity (Wildman–Crippen MR) is 35.9 cm³/mol. The lowest BCUT2D eigenvalue weighted by atomic mass is 10.6. The van der Waals surface area contributed by atoms with E-state index in [9.17, 15) is 9.59 Å². The first-order valence-corrected chi connectivity index (χ1v) is 2.97. The van der Waals surface area contributed by atoms with Crippen molar-refractivity contribution >= 4 is 11.9 Å². The number of nitrogens with zero attached hydrogens (tertiary/aromatic N) is 1. The molecule has 0 amide bonds. The van der Waals surface area contributed by atoms with Crippen molar-refractivity contribution in [1.82, 2.24) is 5.32 Å². The molecule has 0 aromatic heterocycles. The van der Waals surface area contributed by atoms with Crippen molar-refractivity contribution in [2.24, 2.45) is 0 Å². The third-order valence-corrected chi connectivity index (χ3v) is 0.937. The standard InChI is InChI=1S/C6H10NO4/c1-10-5(8)3-7-4-6(9)11-2/h3-4H2,1-2H3. The molecule has 11 heavy (non-hydrogen) atoms. The summed E-state index contributed by atoms with van der Waals surface area (Å²) in [7, 11) is 2.52. The van der Waals surface area contributed by atoms with Crippen LogP contribution in [0.15, 0.2) is 0 Å². The minimum absolute atomic E-state index is 0.106. The molecule has 0 aliphatic heterocycles. The Hall–Kier alpha value is -1.10. The van der Waals surface area contributed by atoms with Crippen LogP contribution in [-0.4, -0.2) is 39.2 Å². The maximum Gasteiger partial charge on any atom is 0.321 e. The average Bonchev–Trinajstić information content (AvgIpc) is 2.04. The first-order valence-electron chi connectivity index (χ1n) is 2.97. The minimum atomic E-state index is -0.464. The van der Waals surface area contributed by atoms with Crippen LogP contribution in [0.4, 0.5) is 0 Å².